The number of hydrogen-bond donors (Lipinski definition) is 1. The van der Waals surface area contributed by atoms with E-state index < -0.39 is 0 Å². The third kappa shape index (κ3) is 3.24. The predicted octanol–water partition coefficient (Wildman–Crippen LogP) is 4.47. The summed E-state index contributed by atoms with van der Waals surface area (Å²) in [4.78, 5) is 0. The lowest BCUT2D eigenvalue weighted by Crippen LogP contribution is -2.20. The number of hydrogen-bond acceptors (Lipinski definition) is 4. The van der Waals surface area contributed by atoms with Crippen LogP contribution in [0.2, 0.25) is 0 Å². The molecule has 24 heavy (non-hydrogen) atoms. The van der Waals surface area contributed by atoms with Crippen LogP contribution in [0.4, 0.5) is 0 Å². The first-order chi connectivity index (χ1) is 11.6. The summed E-state index contributed by atoms with van der Waals surface area (Å²) in [5.41, 5.74) is 3.25. The standard InChI is InChI=1S/C20H22O4/c1-4-5-14-7-9-18-16(10-14)13(2)20(24-18)23-12-15-6-8-17(21)19(11-15)22-3/h4-11,13,20-21H,12H2,1-3H3/b5-4+. The molecular formula is C20H22O4. The Kier molecular flexibility index (Phi) is 4.76. The van der Waals surface area contributed by atoms with Gasteiger partial charge in [0.1, 0.15) is 5.75 Å². The normalized spacial score (nSPS) is 19.3. The number of ether oxygens (including phenoxy) is 3. The van der Waals surface area contributed by atoms with E-state index in [0.29, 0.717) is 12.4 Å². The van der Waals surface area contributed by atoms with Crippen LogP contribution in [0.1, 0.15) is 36.5 Å². The van der Waals surface area contributed by atoms with Crippen molar-refractivity contribution in [2.75, 3.05) is 7.11 Å². The van der Waals surface area contributed by atoms with E-state index in [2.05, 4.69) is 19.1 Å². The summed E-state index contributed by atoms with van der Waals surface area (Å²) in [7, 11) is 1.53. The number of phenols is 1. The topological polar surface area (TPSA) is 47.9 Å². The Hall–Kier alpha value is -2.46. The van der Waals surface area contributed by atoms with Crippen molar-refractivity contribution in [3.8, 4) is 17.2 Å². The van der Waals surface area contributed by atoms with E-state index in [0.717, 1.165) is 16.9 Å². The molecule has 4 heteroatoms. The van der Waals surface area contributed by atoms with Crippen molar-refractivity contribution < 1.29 is 19.3 Å². The Morgan fingerprint density at radius 2 is 2.04 bits per heavy atom. The Labute approximate surface area is 142 Å². The summed E-state index contributed by atoms with van der Waals surface area (Å²) >= 11 is 0. The smallest absolute Gasteiger partial charge is 0.206 e. The summed E-state index contributed by atoms with van der Waals surface area (Å²) in [6.45, 7) is 4.50. The van der Waals surface area contributed by atoms with E-state index in [4.69, 9.17) is 14.2 Å². The Morgan fingerprint density at radius 1 is 1.21 bits per heavy atom. The monoisotopic (exact) mass is 326 g/mol. The number of fused-ring (bicyclic) bond motifs is 1. The maximum absolute atomic E-state index is 9.65. The molecule has 1 heterocycles. The Morgan fingerprint density at radius 3 is 2.79 bits per heavy atom. The van der Waals surface area contributed by atoms with Crippen LogP contribution in [0, 0.1) is 0 Å². The molecule has 0 bridgehead atoms. The van der Waals surface area contributed by atoms with Crippen molar-refractivity contribution in [1.29, 1.82) is 0 Å². The van der Waals surface area contributed by atoms with Crippen LogP contribution in [-0.2, 0) is 11.3 Å². The molecule has 2 atom stereocenters. The van der Waals surface area contributed by atoms with Gasteiger partial charge in [-0.2, -0.15) is 0 Å². The summed E-state index contributed by atoms with van der Waals surface area (Å²) in [6.07, 6.45) is 3.78. The molecule has 1 aliphatic rings. The zero-order valence-corrected chi connectivity index (χ0v) is 14.2. The minimum absolute atomic E-state index is 0.121. The van der Waals surface area contributed by atoms with Crippen LogP contribution in [-0.4, -0.2) is 18.5 Å². The summed E-state index contributed by atoms with van der Waals surface area (Å²) in [5.74, 6) is 1.60. The third-order valence-corrected chi connectivity index (χ3v) is 4.19. The van der Waals surface area contributed by atoms with Crippen molar-refractivity contribution in [1.82, 2.24) is 0 Å². The van der Waals surface area contributed by atoms with Gasteiger partial charge in [-0.05, 0) is 42.3 Å². The van der Waals surface area contributed by atoms with Crippen LogP contribution in [0.5, 0.6) is 17.2 Å². The van der Waals surface area contributed by atoms with Crippen LogP contribution in [0.25, 0.3) is 6.08 Å². The first kappa shape index (κ1) is 16.4. The number of benzene rings is 2. The van der Waals surface area contributed by atoms with Gasteiger partial charge in [-0.1, -0.05) is 31.2 Å². The van der Waals surface area contributed by atoms with Crippen molar-refractivity contribution in [2.45, 2.75) is 32.7 Å². The van der Waals surface area contributed by atoms with Gasteiger partial charge in [0.25, 0.3) is 0 Å². The minimum Gasteiger partial charge on any atom is -0.504 e. The molecule has 0 fully saturated rings. The first-order valence-corrected chi connectivity index (χ1v) is 8.03. The van der Waals surface area contributed by atoms with Crippen LogP contribution in [0.3, 0.4) is 0 Å². The molecule has 1 N–H and O–H groups in total. The Bertz CT molecular complexity index is 751. The summed E-state index contributed by atoms with van der Waals surface area (Å²) in [6, 6.07) is 11.4. The van der Waals surface area contributed by atoms with Gasteiger partial charge in [-0.3, -0.25) is 0 Å². The number of rotatable bonds is 5. The molecule has 2 aromatic rings. The lowest BCUT2D eigenvalue weighted by molar-refractivity contribution is -0.0876. The molecule has 0 aromatic heterocycles. The van der Waals surface area contributed by atoms with E-state index in [1.54, 1.807) is 12.1 Å². The average Bonchev–Trinajstić information content (AvgIpc) is 2.90. The average molecular weight is 326 g/mol. The highest BCUT2D eigenvalue weighted by atomic mass is 16.7. The molecule has 4 nitrogen and oxygen atoms in total. The van der Waals surface area contributed by atoms with Gasteiger partial charge in [-0.15, -0.1) is 0 Å². The third-order valence-electron chi connectivity index (χ3n) is 4.19. The molecule has 1 aliphatic heterocycles. The van der Waals surface area contributed by atoms with Crippen LogP contribution in [0.15, 0.2) is 42.5 Å². The fraction of sp³-hybridized carbons (Fsp3) is 0.300. The fourth-order valence-electron chi connectivity index (χ4n) is 2.87. The van der Waals surface area contributed by atoms with E-state index in [1.807, 2.05) is 31.2 Å². The maximum Gasteiger partial charge on any atom is 0.206 e. The van der Waals surface area contributed by atoms with Crippen LogP contribution >= 0.6 is 0 Å². The number of phenolic OH excluding ortho intramolecular Hbond substituents is 1. The lowest BCUT2D eigenvalue weighted by Gasteiger charge is -2.16. The van der Waals surface area contributed by atoms with E-state index in [1.165, 1.54) is 12.7 Å². The van der Waals surface area contributed by atoms with Gasteiger partial charge in [0, 0.05) is 11.5 Å². The number of aromatic hydroxyl groups is 1. The molecule has 0 aliphatic carbocycles. The molecule has 0 amide bonds. The molecule has 2 unspecified atom stereocenters. The zero-order chi connectivity index (χ0) is 17.1. The molecule has 2 aromatic carbocycles. The second-order valence-electron chi connectivity index (χ2n) is 5.89. The highest BCUT2D eigenvalue weighted by Gasteiger charge is 2.31. The van der Waals surface area contributed by atoms with Gasteiger partial charge >= 0.3 is 0 Å². The van der Waals surface area contributed by atoms with Crippen molar-refractivity contribution in [3.05, 3.63) is 59.2 Å². The molecule has 0 saturated carbocycles. The minimum atomic E-state index is -0.319. The predicted molar refractivity (Wildman–Crippen MR) is 93.4 cm³/mol. The van der Waals surface area contributed by atoms with Gasteiger partial charge in [0.15, 0.2) is 11.5 Å². The van der Waals surface area contributed by atoms with E-state index in [9.17, 15) is 5.11 Å². The fourth-order valence-corrected chi connectivity index (χ4v) is 2.87. The largest absolute Gasteiger partial charge is 0.504 e. The van der Waals surface area contributed by atoms with Crippen molar-refractivity contribution >= 4 is 6.08 Å². The first-order valence-electron chi connectivity index (χ1n) is 8.03. The van der Waals surface area contributed by atoms with Crippen molar-refractivity contribution in [3.63, 3.8) is 0 Å². The van der Waals surface area contributed by atoms with Gasteiger partial charge in [0.05, 0.1) is 13.7 Å². The zero-order valence-electron chi connectivity index (χ0n) is 14.2. The quantitative estimate of drug-likeness (QED) is 0.880. The van der Waals surface area contributed by atoms with Gasteiger partial charge in [-0.25, -0.2) is 0 Å². The Balaban J connectivity index is 1.69. The second kappa shape index (κ2) is 6.97. The molecular weight excluding hydrogens is 304 g/mol. The molecule has 0 spiro atoms. The molecule has 0 radical (unpaired) electrons. The van der Waals surface area contributed by atoms with E-state index >= 15 is 0 Å². The van der Waals surface area contributed by atoms with Gasteiger partial charge in [0.2, 0.25) is 6.29 Å². The maximum atomic E-state index is 9.65. The highest BCUT2D eigenvalue weighted by Crippen LogP contribution is 2.39. The number of allylic oxidation sites excluding steroid dienone is 1. The molecule has 0 saturated heterocycles. The number of methoxy groups -OCH3 is 1. The van der Waals surface area contributed by atoms with Gasteiger partial charge < -0.3 is 19.3 Å². The SMILES string of the molecule is C/C=C/c1ccc2c(c1)C(C)C(OCc1ccc(O)c(OC)c1)O2. The van der Waals surface area contributed by atoms with Crippen LogP contribution < -0.4 is 9.47 Å². The molecule has 3 rings (SSSR count). The summed E-state index contributed by atoms with van der Waals surface area (Å²) in [5, 5.41) is 9.65. The second-order valence-corrected chi connectivity index (χ2v) is 5.89. The van der Waals surface area contributed by atoms with E-state index in [-0.39, 0.29) is 18.0 Å². The lowest BCUT2D eigenvalue weighted by atomic mass is 10.00. The highest BCUT2D eigenvalue weighted by molar-refractivity contribution is 5.55. The summed E-state index contributed by atoms with van der Waals surface area (Å²) < 4.78 is 17.0. The van der Waals surface area contributed by atoms with Crippen molar-refractivity contribution in [2.24, 2.45) is 0 Å². The molecule has 126 valence electrons.